The van der Waals surface area contributed by atoms with E-state index in [0.717, 1.165) is 62.1 Å². The van der Waals surface area contributed by atoms with Crippen LogP contribution in [0.5, 0.6) is 0 Å². The quantitative estimate of drug-likeness (QED) is 0.617. The number of carbonyl (C=O) groups excluding carboxylic acids is 2. The van der Waals surface area contributed by atoms with Gasteiger partial charge in [0.15, 0.2) is 0 Å². The Kier molecular flexibility index (Phi) is 6.70. The fourth-order valence-electron chi connectivity index (χ4n) is 6.08. The van der Waals surface area contributed by atoms with Crippen LogP contribution >= 0.6 is 0 Å². The van der Waals surface area contributed by atoms with E-state index in [2.05, 4.69) is 40.2 Å². The van der Waals surface area contributed by atoms with Gasteiger partial charge in [0.05, 0.1) is 16.9 Å². The van der Waals surface area contributed by atoms with Crippen molar-refractivity contribution in [3.63, 3.8) is 0 Å². The summed E-state index contributed by atoms with van der Waals surface area (Å²) in [7, 11) is 0. The molecule has 2 aliphatic carbocycles. The Bertz CT molecular complexity index is 1180. The highest BCUT2D eigenvalue weighted by Gasteiger charge is 2.36. The van der Waals surface area contributed by atoms with E-state index in [1.165, 1.54) is 5.56 Å². The van der Waals surface area contributed by atoms with E-state index in [1.807, 2.05) is 9.80 Å². The lowest BCUT2D eigenvalue weighted by molar-refractivity contribution is -0.134. The average molecular weight is 503 g/mol. The largest absolute Gasteiger partial charge is 0.371 e. The van der Waals surface area contributed by atoms with E-state index in [4.69, 9.17) is 0 Å². The highest BCUT2D eigenvalue weighted by atomic mass is 19.1. The van der Waals surface area contributed by atoms with Crippen LogP contribution in [0.15, 0.2) is 42.6 Å². The minimum atomic E-state index is -1.06. The SMILES string of the molecule is O=C(c1cnc2c(c1N1CCC(Cc3ccccc3)CC1)CC(F)C=C2)N1CCN(C(=O)C2CC2)CC1. The van der Waals surface area contributed by atoms with Crippen molar-refractivity contribution in [2.45, 2.75) is 44.7 Å². The molecule has 1 aromatic carbocycles. The van der Waals surface area contributed by atoms with Gasteiger partial charge in [-0.3, -0.25) is 14.6 Å². The molecule has 2 saturated heterocycles. The fraction of sp³-hybridized carbons (Fsp3) is 0.500. The van der Waals surface area contributed by atoms with Crippen LogP contribution < -0.4 is 4.90 Å². The zero-order valence-corrected chi connectivity index (χ0v) is 21.3. The van der Waals surface area contributed by atoms with Crippen LogP contribution in [0.25, 0.3) is 6.08 Å². The number of hydrogen-bond donors (Lipinski definition) is 0. The fourth-order valence-corrected chi connectivity index (χ4v) is 6.08. The maximum Gasteiger partial charge on any atom is 0.257 e. The molecule has 37 heavy (non-hydrogen) atoms. The number of halogens is 1. The molecule has 1 aromatic heterocycles. The predicted octanol–water partition coefficient (Wildman–Crippen LogP) is 4.14. The van der Waals surface area contributed by atoms with Gasteiger partial charge in [-0.05, 0) is 55.7 Å². The minimum absolute atomic E-state index is 0.0554. The summed E-state index contributed by atoms with van der Waals surface area (Å²) in [6.07, 6.45) is 9.32. The van der Waals surface area contributed by atoms with Gasteiger partial charge < -0.3 is 14.7 Å². The molecule has 4 aliphatic rings. The van der Waals surface area contributed by atoms with E-state index in [0.29, 0.717) is 37.7 Å². The summed E-state index contributed by atoms with van der Waals surface area (Å²) in [5, 5.41) is 0. The number of allylic oxidation sites excluding steroid dienone is 1. The standard InChI is InChI=1S/C30H35FN4O2/c31-24-8-9-27-25(19-24)28(33-12-10-22(11-13-33)18-21-4-2-1-3-5-21)26(20-32-27)30(37)35-16-14-34(15-17-35)29(36)23-6-7-23/h1-5,8-9,20,22-24H,6-7,10-19H2. The molecule has 0 bridgehead atoms. The van der Waals surface area contributed by atoms with Crippen molar-refractivity contribution in [2.75, 3.05) is 44.2 Å². The third-order valence-electron chi connectivity index (χ3n) is 8.38. The highest BCUT2D eigenvalue weighted by Crippen LogP contribution is 2.36. The number of rotatable bonds is 5. The maximum absolute atomic E-state index is 14.5. The monoisotopic (exact) mass is 502 g/mol. The summed E-state index contributed by atoms with van der Waals surface area (Å²) in [6, 6.07) is 10.6. The van der Waals surface area contributed by atoms with Crippen LogP contribution in [0, 0.1) is 11.8 Å². The summed E-state index contributed by atoms with van der Waals surface area (Å²) in [4.78, 5) is 36.9. The Morgan fingerprint density at radius 1 is 0.919 bits per heavy atom. The Hall–Kier alpha value is -3.22. The number of fused-ring (bicyclic) bond motifs is 1. The molecule has 2 amide bonds. The van der Waals surface area contributed by atoms with Gasteiger partial charge in [-0.15, -0.1) is 0 Å². The summed E-state index contributed by atoms with van der Waals surface area (Å²) in [5.41, 5.74) is 4.43. The number of aromatic nitrogens is 1. The molecule has 1 atom stereocenters. The van der Waals surface area contributed by atoms with Crippen LogP contribution in [0.3, 0.4) is 0 Å². The highest BCUT2D eigenvalue weighted by molar-refractivity contribution is 6.01. The first-order valence-electron chi connectivity index (χ1n) is 13.8. The summed E-state index contributed by atoms with van der Waals surface area (Å²) < 4.78 is 14.5. The third kappa shape index (κ3) is 5.13. The van der Waals surface area contributed by atoms with E-state index in [1.54, 1.807) is 18.3 Å². The van der Waals surface area contributed by atoms with Crippen molar-refractivity contribution in [3.05, 3.63) is 65.0 Å². The normalized spacial score (nSPS) is 22.2. The van der Waals surface area contributed by atoms with Crippen molar-refractivity contribution >= 4 is 23.6 Å². The maximum atomic E-state index is 14.5. The van der Waals surface area contributed by atoms with Crippen molar-refractivity contribution in [1.82, 2.24) is 14.8 Å². The number of hydrogen-bond acceptors (Lipinski definition) is 4. The van der Waals surface area contributed by atoms with Crippen LogP contribution in [-0.2, 0) is 17.6 Å². The Labute approximate surface area is 218 Å². The second-order valence-corrected chi connectivity index (χ2v) is 11.0. The molecule has 2 aliphatic heterocycles. The summed E-state index contributed by atoms with van der Waals surface area (Å²) in [6.45, 7) is 3.90. The first-order valence-corrected chi connectivity index (χ1v) is 13.8. The predicted molar refractivity (Wildman–Crippen MR) is 142 cm³/mol. The molecule has 1 unspecified atom stereocenters. The second kappa shape index (κ2) is 10.3. The number of piperidine rings is 1. The van der Waals surface area contributed by atoms with E-state index in [-0.39, 0.29) is 24.2 Å². The van der Waals surface area contributed by atoms with Gasteiger partial charge in [0.1, 0.15) is 6.17 Å². The molecule has 6 rings (SSSR count). The minimum Gasteiger partial charge on any atom is -0.371 e. The molecule has 194 valence electrons. The number of pyridine rings is 1. The van der Waals surface area contributed by atoms with Crippen LogP contribution in [0.1, 0.15) is 52.9 Å². The first kappa shape index (κ1) is 24.1. The lowest BCUT2D eigenvalue weighted by Gasteiger charge is -2.38. The topological polar surface area (TPSA) is 56.8 Å². The van der Waals surface area contributed by atoms with Crippen LogP contribution in [0.4, 0.5) is 10.1 Å². The summed E-state index contributed by atoms with van der Waals surface area (Å²) >= 11 is 0. The van der Waals surface area contributed by atoms with Gasteiger partial charge in [-0.1, -0.05) is 30.3 Å². The molecular formula is C30H35FN4O2. The molecule has 0 N–H and O–H groups in total. The van der Waals surface area contributed by atoms with Crippen molar-refractivity contribution in [3.8, 4) is 0 Å². The van der Waals surface area contributed by atoms with Crippen LogP contribution in [-0.4, -0.2) is 72.0 Å². The number of carbonyl (C=O) groups is 2. The molecular weight excluding hydrogens is 467 g/mol. The van der Waals surface area contributed by atoms with Gasteiger partial charge in [0.2, 0.25) is 5.91 Å². The van der Waals surface area contributed by atoms with Gasteiger partial charge in [-0.25, -0.2) is 4.39 Å². The number of benzene rings is 1. The van der Waals surface area contributed by atoms with Gasteiger partial charge in [-0.2, -0.15) is 0 Å². The molecule has 0 radical (unpaired) electrons. The molecule has 1 saturated carbocycles. The van der Waals surface area contributed by atoms with Gasteiger partial charge in [0, 0.05) is 63.4 Å². The third-order valence-corrected chi connectivity index (χ3v) is 8.38. The number of alkyl halides is 1. The average Bonchev–Trinajstić information content (AvgIpc) is 3.79. The van der Waals surface area contributed by atoms with Crippen molar-refractivity contribution in [2.24, 2.45) is 11.8 Å². The number of amides is 2. The zero-order chi connectivity index (χ0) is 25.4. The van der Waals surface area contributed by atoms with E-state index >= 15 is 0 Å². The molecule has 7 heteroatoms. The molecule has 3 fully saturated rings. The van der Waals surface area contributed by atoms with E-state index < -0.39 is 6.17 Å². The Morgan fingerprint density at radius 2 is 1.62 bits per heavy atom. The lowest BCUT2D eigenvalue weighted by atomic mass is 9.88. The van der Waals surface area contributed by atoms with Crippen molar-refractivity contribution < 1.29 is 14.0 Å². The summed E-state index contributed by atoms with van der Waals surface area (Å²) in [5.74, 6) is 0.981. The molecule has 3 heterocycles. The number of nitrogens with zero attached hydrogens (tertiary/aromatic N) is 4. The smallest absolute Gasteiger partial charge is 0.257 e. The molecule has 6 nitrogen and oxygen atoms in total. The van der Waals surface area contributed by atoms with E-state index in [9.17, 15) is 14.0 Å². The number of piperazine rings is 1. The van der Waals surface area contributed by atoms with Gasteiger partial charge >= 0.3 is 0 Å². The Balaban J connectivity index is 1.21. The second-order valence-electron chi connectivity index (χ2n) is 11.0. The first-order chi connectivity index (χ1) is 18.1. The Morgan fingerprint density at radius 3 is 2.32 bits per heavy atom. The molecule has 0 spiro atoms. The lowest BCUT2D eigenvalue weighted by Crippen LogP contribution is -2.51. The molecule has 2 aromatic rings. The zero-order valence-electron chi connectivity index (χ0n) is 21.3. The van der Waals surface area contributed by atoms with Crippen LogP contribution in [0.2, 0.25) is 0 Å². The number of anilines is 1. The van der Waals surface area contributed by atoms with Gasteiger partial charge in [0.25, 0.3) is 5.91 Å². The van der Waals surface area contributed by atoms with Crippen molar-refractivity contribution in [1.29, 1.82) is 0 Å².